The standard InChI is InChI=1S/C62H63N3O2S/c1-10-11-12-13-32-64-45(24-30-58(64)59-31-25-49(68-59)33-44(38-63)60(66)67)19-14-41-15-20-46(21-16-41)65(47-22-28-52-50-26-17-42(39(2)3)34-54(50)61(6,7)56(52)36-47)48-23-29-53-51-27-18-43(40(4)5)35-55(51)62(8,9)57(53)37-48/h14-31,33-37,39-40H,10-13,32H2,1-9H3,(H,66,67)/b19-14+,44-33+. The van der Waals surface area contributed by atoms with E-state index in [2.05, 4.69) is 193 Å². The number of benzene rings is 5. The molecular weight excluding hydrogens is 851 g/mol. The van der Waals surface area contributed by atoms with Crippen LogP contribution in [0.25, 0.3) is 51.1 Å². The fourth-order valence-electron chi connectivity index (χ4n) is 10.5. The highest BCUT2D eigenvalue weighted by Gasteiger charge is 2.38. The molecule has 0 saturated heterocycles. The second-order valence-corrected chi connectivity index (χ2v) is 21.5. The first-order valence-electron chi connectivity index (χ1n) is 24.4. The van der Waals surface area contributed by atoms with Crippen LogP contribution in [-0.4, -0.2) is 15.6 Å². The molecule has 0 spiro atoms. The number of fused-ring (bicyclic) bond motifs is 6. The average molecular weight is 914 g/mol. The smallest absolute Gasteiger partial charge is 0.346 e. The molecule has 0 fully saturated rings. The SMILES string of the molecule is CCCCCCn1c(/C=C/c2ccc(N(c3ccc4c(c3)C(C)(C)c3cc(C(C)C)ccc3-4)c3ccc4c(c3)C(C)(C)c3cc(C(C)C)ccc3-4)cc2)ccc1-c1ccc(/C=C(\C#N)C(=O)O)s1. The lowest BCUT2D eigenvalue weighted by Gasteiger charge is -2.30. The molecule has 2 aliphatic carbocycles. The van der Waals surface area contributed by atoms with Crippen molar-refractivity contribution in [3.63, 3.8) is 0 Å². The Kier molecular flexibility index (Phi) is 12.6. The highest BCUT2D eigenvalue weighted by atomic mass is 32.1. The summed E-state index contributed by atoms with van der Waals surface area (Å²) >= 11 is 1.50. The second-order valence-electron chi connectivity index (χ2n) is 20.4. The molecule has 0 saturated carbocycles. The summed E-state index contributed by atoms with van der Waals surface area (Å²) in [4.78, 5) is 15.8. The number of carboxylic acid groups (broad SMARTS) is 1. The molecule has 6 heteroatoms. The molecular formula is C62H63N3O2S. The number of nitriles is 1. The molecule has 2 aliphatic rings. The predicted octanol–water partition coefficient (Wildman–Crippen LogP) is 17.3. The quantitative estimate of drug-likeness (QED) is 0.0632. The fraction of sp³-hybridized carbons (Fsp3) is 0.290. The third-order valence-electron chi connectivity index (χ3n) is 14.6. The summed E-state index contributed by atoms with van der Waals surface area (Å²) in [5.41, 5.74) is 19.7. The van der Waals surface area contributed by atoms with Crippen molar-refractivity contribution in [2.75, 3.05) is 4.90 Å². The zero-order chi connectivity index (χ0) is 48.1. The van der Waals surface area contributed by atoms with Crippen LogP contribution >= 0.6 is 11.3 Å². The lowest BCUT2D eigenvalue weighted by molar-refractivity contribution is -0.132. The van der Waals surface area contributed by atoms with Crippen molar-refractivity contribution >= 4 is 52.6 Å². The predicted molar refractivity (Wildman–Crippen MR) is 286 cm³/mol. The van der Waals surface area contributed by atoms with Crippen LogP contribution < -0.4 is 4.90 Å². The van der Waals surface area contributed by atoms with Crippen LogP contribution in [0.3, 0.4) is 0 Å². The Morgan fingerprint density at radius 3 is 1.71 bits per heavy atom. The van der Waals surface area contributed by atoms with Gasteiger partial charge in [-0.15, -0.1) is 11.3 Å². The molecule has 0 atom stereocenters. The number of aromatic nitrogens is 1. The average Bonchev–Trinajstić information content (AvgIpc) is 4.07. The molecule has 0 unspecified atom stereocenters. The summed E-state index contributed by atoms with van der Waals surface area (Å²) in [6.45, 7) is 21.7. The van der Waals surface area contributed by atoms with Gasteiger partial charge in [0.1, 0.15) is 11.6 Å². The number of thiophene rings is 1. The summed E-state index contributed by atoms with van der Waals surface area (Å²) in [6, 6.07) is 47.3. The van der Waals surface area contributed by atoms with E-state index >= 15 is 0 Å². The van der Waals surface area contributed by atoms with E-state index in [1.807, 2.05) is 12.1 Å². The third-order valence-corrected chi connectivity index (χ3v) is 15.6. The Bertz CT molecular complexity index is 3040. The zero-order valence-electron chi connectivity index (χ0n) is 41.1. The molecule has 68 heavy (non-hydrogen) atoms. The van der Waals surface area contributed by atoms with Gasteiger partial charge in [-0.2, -0.15) is 5.26 Å². The lowest BCUT2D eigenvalue weighted by Crippen LogP contribution is -2.18. The van der Waals surface area contributed by atoms with Gasteiger partial charge in [0.05, 0.1) is 10.6 Å². The van der Waals surface area contributed by atoms with Gasteiger partial charge in [0.25, 0.3) is 0 Å². The third kappa shape index (κ3) is 8.47. The molecule has 1 N–H and O–H groups in total. The van der Waals surface area contributed by atoms with E-state index in [-0.39, 0.29) is 16.4 Å². The van der Waals surface area contributed by atoms with E-state index in [0.717, 1.165) is 63.2 Å². The Morgan fingerprint density at radius 1 is 0.662 bits per heavy atom. The molecule has 0 radical (unpaired) electrons. The van der Waals surface area contributed by atoms with Gasteiger partial charge < -0.3 is 14.6 Å². The number of hydrogen-bond donors (Lipinski definition) is 1. The summed E-state index contributed by atoms with van der Waals surface area (Å²) in [6.07, 6.45) is 10.4. The normalized spacial score (nSPS) is 14.3. The molecule has 7 aromatic rings. The number of hydrogen-bond acceptors (Lipinski definition) is 4. The Hall–Kier alpha value is -6.68. The van der Waals surface area contributed by atoms with Crippen LogP contribution in [0.4, 0.5) is 17.1 Å². The topological polar surface area (TPSA) is 69.3 Å². The van der Waals surface area contributed by atoms with Crippen LogP contribution in [0.15, 0.2) is 127 Å². The molecule has 5 aromatic carbocycles. The molecule has 0 aliphatic heterocycles. The Morgan fingerprint density at radius 2 is 1.19 bits per heavy atom. The van der Waals surface area contributed by atoms with Gasteiger partial charge in [-0.1, -0.05) is 148 Å². The minimum Gasteiger partial charge on any atom is -0.477 e. The molecule has 5 nitrogen and oxygen atoms in total. The zero-order valence-corrected chi connectivity index (χ0v) is 41.9. The first kappa shape index (κ1) is 46.4. The summed E-state index contributed by atoms with van der Waals surface area (Å²) in [5.74, 6) is -0.288. The number of carbonyl (C=O) groups is 1. The van der Waals surface area contributed by atoms with Crippen molar-refractivity contribution in [3.05, 3.63) is 176 Å². The van der Waals surface area contributed by atoms with Gasteiger partial charge in [0, 0.05) is 45.0 Å². The van der Waals surface area contributed by atoms with Crippen molar-refractivity contribution in [2.45, 2.75) is 117 Å². The maximum Gasteiger partial charge on any atom is 0.346 e. The number of anilines is 3. The van der Waals surface area contributed by atoms with Crippen LogP contribution in [0.1, 0.15) is 149 Å². The molecule has 2 heterocycles. The number of unbranched alkanes of at least 4 members (excludes halogenated alkanes) is 3. The van der Waals surface area contributed by atoms with Gasteiger partial charge in [-0.3, -0.25) is 0 Å². The van der Waals surface area contributed by atoms with Gasteiger partial charge in [0.2, 0.25) is 0 Å². The van der Waals surface area contributed by atoms with Crippen molar-refractivity contribution in [3.8, 4) is 38.9 Å². The van der Waals surface area contributed by atoms with Crippen LogP contribution in [0.2, 0.25) is 0 Å². The van der Waals surface area contributed by atoms with E-state index in [0.29, 0.717) is 11.8 Å². The number of nitrogens with zero attached hydrogens (tertiary/aromatic N) is 3. The lowest BCUT2D eigenvalue weighted by atomic mass is 9.81. The molecule has 9 rings (SSSR count). The van der Waals surface area contributed by atoms with E-state index < -0.39 is 5.97 Å². The molecule has 344 valence electrons. The number of rotatable bonds is 15. The van der Waals surface area contributed by atoms with Gasteiger partial charge in [-0.25, -0.2) is 4.79 Å². The number of carboxylic acids is 1. The first-order valence-corrected chi connectivity index (χ1v) is 25.2. The molecule has 0 amide bonds. The van der Waals surface area contributed by atoms with Gasteiger partial charge in [0.15, 0.2) is 0 Å². The molecule has 0 bridgehead atoms. The van der Waals surface area contributed by atoms with Crippen molar-refractivity contribution < 1.29 is 9.90 Å². The Balaban J connectivity index is 1.09. The second kappa shape index (κ2) is 18.4. The Labute approximate surface area is 407 Å². The van der Waals surface area contributed by atoms with Crippen LogP contribution in [0.5, 0.6) is 0 Å². The van der Waals surface area contributed by atoms with Crippen molar-refractivity contribution in [1.29, 1.82) is 5.26 Å². The van der Waals surface area contributed by atoms with E-state index in [4.69, 9.17) is 0 Å². The van der Waals surface area contributed by atoms with E-state index in [9.17, 15) is 15.2 Å². The monoisotopic (exact) mass is 913 g/mol. The van der Waals surface area contributed by atoms with Gasteiger partial charge in [-0.05, 0) is 152 Å². The first-order chi connectivity index (χ1) is 32.6. The summed E-state index contributed by atoms with van der Waals surface area (Å²) in [5, 5.41) is 18.8. The fourth-order valence-corrected chi connectivity index (χ4v) is 11.5. The minimum atomic E-state index is -1.22. The van der Waals surface area contributed by atoms with Gasteiger partial charge >= 0.3 is 5.97 Å². The highest BCUT2D eigenvalue weighted by Crippen LogP contribution is 2.54. The van der Waals surface area contributed by atoms with Crippen LogP contribution in [0, 0.1) is 11.3 Å². The van der Waals surface area contributed by atoms with E-state index in [1.165, 1.54) is 85.9 Å². The highest BCUT2D eigenvalue weighted by molar-refractivity contribution is 7.16. The number of aliphatic carboxylic acids is 1. The summed E-state index contributed by atoms with van der Waals surface area (Å²) < 4.78 is 2.37. The van der Waals surface area contributed by atoms with E-state index in [1.54, 1.807) is 6.07 Å². The largest absolute Gasteiger partial charge is 0.477 e. The van der Waals surface area contributed by atoms with Crippen LogP contribution in [-0.2, 0) is 22.2 Å². The maximum atomic E-state index is 11.5. The summed E-state index contributed by atoms with van der Waals surface area (Å²) in [7, 11) is 0. The molecule has 2 aromatic heterocycles. The minimum absolute atomic E-state index is 0.154. The van der Waals surface area contributed by atoms with Crippen molar-refractivity contribution in [1.82, 2.24) is 4.57 Å². The van der Waals surface area contributed by atoms with Crippen molar-refractivity contribution in [2.24, 2.45) is 0 Å². The maximum absolute atomic E-state index is 11.5.